The third-order valence-corrected chi connectivity index (χ3v) is 3.48. The van der Waals surface area contributed by atoms with Crippen LogP contribution in [0.15, 0.2) is 24.3 Å². The molecule has 0 fully saturated rings. The number of aliphatic hydroxyl groups excluding tert-OH is 1. The average molecular weight is 294 g/mol. The summed E-state index contributed by atoms with van der Waals surface area (Å²) in [4.78, 5) is 11.9. The van der Waals surface area contributed by atoms with E-state index in [9.17, 15) is 4.79 Å². The number of amides is 2. The second kappa shape index (κ2) is 8.00. The Bertz CT molecular complexity index is 461. The van der Waals surface area contributed by atoms with Gasteiger partial charge < -0.3 is 20.5 Å². The van der Waals surface area contributed by atoms with Gasteiger partial charge in [-0.05, 0) is 36.5 Å². The maximum absolute atomic E-state index is 11.9. The van der Waals surface area contributed by atoms with E-state index in [-0.39, 0.29) is 24.2 Å². The van der Waals surface area contributed by atoms with Gasteiger partial charge in [-0.15, -0.1) is 0 Å². The van der Waals surface area contributed by atoms with Crippen molar-refractivity contribution in [2.45, 2.75) is 33.3 Å². The number of rotatable bonds is 7. The summed E-state index contributed by atoms with van der Waals surface area (Å²) in [6.07, 6.45) is 0.631. The van der Waals surface area contributed by atoms with Crippen molar-refractivity contribution in [3.05, 3.63) is 29.8 Å². The number of aliphatic hydroxyl groups is 1. The van der Waals surface area contributed by atoms with Crippen molar-refractivity contribution in [2.75, 3.05) is 25.6 Å². The first-order valence-electron chi connectivity index (χ1n) is 7.16. The molecule has 0 saturated heterocycles. The molecule has 1 unspecified atom stereocenters. The van der Waals surface area contributed by atoms with Crippen molar-refractivity contribution in [1.82, 2.24) is 5.32 Å². The minimum absolute atomic E-state index is 0.0155. The Morgan fingerprint density at radius 1 is 1.43 bits per heavy atom. The van der Waals surface area contributed by atoms with Gasteiger partial charge in [0.25, 0.3) is 0 Å². The van der Waals surface area contributed by atoms with Gasteiger partial charge in [-0.25, -0.2) is 4.79 Å². The first-order valence-corrected chi connectivity index (χ1v) is 7.16. The summed E-state index contributed by atoms with van der Waals surface area (Å²) in [5, 5.41) is 14.6. The maximum Gasteiger partial charge on any atom is 0.319 e. The lowest BCUT2D eigenvalue weighted by Crippen LogP contribution is -2.37. The molecule has 0 aliphatic rings. The highest BCUT2D eigenvalue weighted by molar-refractivity contribution is 5.89. The van der Waals surface area contributed by atoms with E-state index in [0.717, 1.165) is 11.3 Å². The Morgan fingerprint density at radius 3 is 2.76 bits per heavy atom. The lowest BCUT2D eigenvalue weighted by molar-refractivity contribution is 0.119. The summed E-state index contributed by atoms with van der Waals surface area (Å²) in [7, 11) is 1.65. The molecule has 5 heteroatoms. The monoisotopic (exact) mass is 294 g/mol. The highest BCUT2D eigenvalue weighted by atomic mass is 16.5. The molecule has 1 rings (SSSR count). The fourth-order valence-electron chi connectivity index (χ4n) is 1.89. The Hall–Kier alpha value is -1.59. The zero-order valence-electron chi connectivity index (χ0n) is 13.3. The van der Waals surface area contributed by atoms with Crippen LogP contribution in [-0.2, 0) is 4.74 Å². The lowest BCUT2D eigenvalue weighted by Gasteiger charge is -2.24. The van der Waals surface area contributed by atoms with Crippen LogP contribution in [0.4, 0.5) is 10.5 Å². The van der Waals surface area contributed by atoms with E-state index in [1.807, 2.05) is 45.0 Å². The number of anilines is 1. The third-order valence-electron chi connectivity index (χ3n) is 3.48. The molecule has 1 atom stereocenters. The fraction of sp³-hybridized carbons (Fsp3) is 0.562. The van der Waals surface area contributed by atoms with E-state index in [1.54, 1.807) is 7.11 Å². The largest absolute Gasteiger partial charge is 0.396 e. The van der Waals surface area contributed by atoms with Gasteiger partial charge in [-0.1, -0.05) is 26.0 Å². The van der Waals surface area contributed by atoms with Crippen molar-refractivity contribution in [3.8, 4) is 0 Å². The van der Waals surface area contributed by atoms with Gasteiger partial charge in [0.1, 0.15) is 0 Å². The van der Waals surface area contributed by atoms with Crippen molar-refractivity contribution in [2.24, 2.45) is 5.41 Å². The summed E-state index contributed by atoms with van der Waals surface area (Å²) in [6, 6.07) is 7.33. The van der Waals surface area contributed by atoms with Crippen LogP contribution in [0, 0.1) is 5.41 Å². The van der Waals surface area contributed by atoms with E-state index >= 15 is 0 Å². The van der Waals surface area contributed by atoms with E-state index in [2.05, 4.69) is 10.6 Å². The number of ether oxygens (including phenoxy) is 1. The van der Waals surface area contributed by atoms with Crippen LogP contribution in [0.2, 0.25) is 0 Å². The highest BCUT2D eigenvalue weighted by Crippen LogP contribution is 2.20. The Morgan fingerprint density at radius 2 is 2.14 bits per heavy atom. The smallest absolute Gasteiger partial charge is 0.319 e. The van der Waals surface area contributed by atoms with Crippen molar-refractivity contribution in [3.63, 3.8) is 0 Å². The van der Waals surface area contributed by atoms with Crippen LogP contribution in [0.25, 0.3) is 0 Å². The molecular formula is C16H26N2O3. The molecule has 2 amide bonds. The molecule has 0 aliphatic carbocycles. The lowest BCUT2D eigenvalue weighted by atomic mass is 9.90. The molecule has 0 aliphatic heterocycles. The molecular weight excluding hydrogens is 268 g/mol. The fourth-order valence-corrected chi connectivity index (χ4v) is 1.89. The second-order valence-electron chi connectivity index (χ2n) is 5.95. The summed E-state index contributed by atoms with van der Waals surface area (Å²) in [5.41, 5.74) is 1.61. The number of methoxy groups -OCH3 is 1. The summed E-state index contributed by atoms with van der Waals surface area (Å²) < 4.78 is 5.26. The molecule has 1 aromatic rings. The van der Waals surface area contributed by atoms with Gasteiger partial charge in [0, 0.05) is 25.9 Å². The van der Waals surface area contributed by atoms with Gasteiger partial charge in [0.05, 0.1) is 6.10 Å². The zero-order valence-corrected chi connectivity index (χ0v) is 13.3. The van der Waals surface area contributed by atoms with Crippen LogP contribution in [0.5, 0.6) is 0 Å². The number of carbonyl (C=O) groups is 1. The van der Waals surface area contributed by atoms with Crippen LogP contribution < -0.4 is 10.6 Å². The van der Waals surface area contributed by atoms with Gasteiger partial charge in [-0.3, -0.25) is 0 Å². The van der Waals surface area contributed by atoms with E-state index in [4.69, 9.17) is 9.84 Å². The quantitative estimate of drug-likeness (QED) is 0.724. The van der Waals surface area contributed by atoms with E-state index < -0.39 is 0 Å². The minimum Gasteiger partial charge on any atom is -0.396 e. The molecule has 0 aromatic heterocycles. The SMILES string of the molecule is COC(C)c1cccc(NC(=O)NCC(C)(C)CCO)c1. The Kier molecular flexibility index (Phi) is 6.65. The number of benzene rings is 1. The van der Waals surface area contributed by atoms with Crippen LogP contribution in [-0.4, -0.2) is 31.4 Å². The molecule has 0 bridgehead atoms. The molecule has 21 heavy (non-hydrogen) atoms. The third kappa shape index (κ3) is 6.14. The van der Waals surface area contributed by atoms with Gasteiger partial charge >= 0.3 is 6.03 Å². The summed E-state index contributed by atoms with van der Waals surface area (Å²) in [6.45, 7) is 6.59. The zero-order chi connectivity index (χ0) is 15.9. The molecule has 0 spiro atoms. The number of urea groups is 1. The second-order valence-corrected chi connectivity index (χ2v) is 5.95. The van der Waals surface area contributed by atoms with E-state index in [0.29, 0.717) is 13.0 Å². The molecule has 0 heterocycles. The Balaban J connectivity index is 2.55. The predicted molar refractivity (Wildman–Crippen MR) is 84.4 cm³/mol. The predicted octanol–water partition coefficient (Wildman–Crippen LogP) is 2.92. The average Bonchev–Trinajstić information content (AvgIpc) is 2.45. The highest BCUT2D eigenvalue weighted by Gasteiger charge is 2.18. The van der Waals surface area contributed by atoms with E-state index in [1.165, 1.54) is 0 Å². The summed E-state index contributed by atoms with van der Waals surface area (Å²) >= 11 is 0. The first kappa shape index (κ1) is 17.5. The number of nitrogens with one attached hydrogen (secondary N) is 2. The van der Waals surface area contributed by atoms with Crippen LogP contribution in [0.1, 0.15) is 38.9 Å². The molecule has 1 aromatic carbocycles. The first-order chi connectivity index (χ1) is 9.88. The van der Waals surface area contributed by atoms with Crippen molar-refractivity contribution < 1.29 is 14.6 Å². The van der Waals surface area contributed by atoms with Crippen molar-refractivity contribution in [1.29, 1.82) is 0 Å². The normalized spacial score (nSPS) is 12.8. The van der Waals surface area contributed by atoms with Gasteiger partial charge in [0.2, 0.25) is 0 Å². The van der Waals surface area contributed by atoms with Gasteiger partial charge in [0.15, 0.2) is 0 Å². The van der Waals surface area contributed by atoms with Gasteiger partial charge in [-0.2, -0.15) is 0 Å². The molecule has 118 valence electrons. The minimum atomic E-state index is -0.247. The standard InChI is InChI=1S/C16H26N2O3/c1-12(21-4)13-6-5-7-14(10-13)18-15(20)17-11-16(2,3)8-9-19/h5-7,10,12,19H,8-9,11H2,1-4H3,(H2,17,18,20). The van der Waals surface area contributed by atoms with Crippen LogP contribution >= 0.6 is 0 Å². The molecule has 0 radical (unpaired) electrons. The topological polar surface area (TPSA) is 70.6 Å². The number of carbonyl (C=O) groups excluding carboxylic acids is 1. The molecule has 0 saturated carbocycles. The van der Waals surface area contributed by atoms with Crippen LogP contribution in [0.3, 0.4) is 0 Å². The van der Waals surface area contributed by atoms with Crippen molar-refractivity contribution >= 4 is 11.7 Å². The molecule has 5 nitrogen and oxygen atoms in total. The summed E-state index contributed by atoms with van der Waals surface area (Å²) in [5.74, 6) is 0. The maximum atomic E-state index is 11.9. The number of hydrogen-bond donors (Lipinski definition) is 3. The number of hydrogen-bond acceptors (Lipinski definition) is 3. The Labute approximate surface area is 126 Å². The molecule has 3 N–H and O–H groups in total.